The smallest absolute Gasteiger partial charge is 0.270 e. The number of carbonyl (C=O) groups excluding carboxylic acids is 1. The fourth-order valence-electron chi connectivity index (χ4n) is 1.86. The molecule has 0 aromatic carbocycles. The van der Waals surface area contributed by atoms with Crippen molar-refractivity contribution in [3.63, 3.8) is 0 Å². The molecule has 0 spiro atoms. The van der Waals surface area contributed by atoms with Crippen molar-refractivity contribution in [2.24, 2.45) is 5.92 Å². The maximum atomic E-state index is 12.4. The van der Waals surface area contributed by atoms with Crippen LogP contribution in [0.2, 0.25) is 0 Å². The zero-order chi connectivity index (χ0) is 13.7. The standard InChI is InChI=1S/C13H20N4O/c1-4-16-9-11(15)6-12(16)13(18)17(5-2)8-10(3)7-14/h6,9-10H,4-5,8,15H2,1-3H3. The minimum atomic E-state index is -0.170. The second kappa shape index (κ2) is 6.10. The number of aromatic nitrogens is 1. The Morgan fingerprint density at radius 1 is 1.61 bits per heavy atom. The molecule has 2 N–H and O–H groups in total. The van der Waals surface area contributed by atoms with Gasteiger partial charge in [-0.15, -0.1) is 0 Å². The molecule has 98 valence electrons. The van der Waals surface area contributed by atoms with Gasteiger partial charge < -0.3 is 15.2 Å². The second-order valence-corrected chi connectivity index (χ2v) is 4.32. The van der Waals surface area contributed by atoms with E-state index in [1.54, 1.807) is 17.2 Å². The highest BCUT2D eigenvalue weighted by Gasteiger charge is 2.20. The molecule has 1 aromatic heterocycles. The number of nitrogens with zero attached hydrogens (tertiary/aromatic N) is 3. The molecule has 1 heterocycles. The predicted octanol–water partition coefficient (Wildman–Crippen LogP) is 1.71. The lowest BCUT2D eigenvalue weighted by molar-refractivity contribution is 0.0742. The molecule has 0 aliphatic heterocycles. The average Bonchev–Trinajstić information content (AvgIpc) is 2.75. The highest BCUT2D eigenvalue weighted by Crippen LogP contribution is 2.14. The zero-order valence-corrected chi connectivity index (χ0v) is 11.2. The topological polar surface area (TPSA) is 75.1 Å². The number of hydrogen-bond donors (Lipinski definition) is 1. The first-order chi connectivity index (χ1) is 8.53. The third kappa shape index (κ3) is 3.04. The first-order valence-corrected chi connectivity index (χ1v) is 6.18. The van der Waals surface area contributed by atoms with Crippen molar-refractivity contribution in [1.82, 2.24) is 9.47 Å². The molecular formula is C13H20N4O. The molecule has 0 saturated carbocycles. The molecule has 0 bridgehead atoms. The molecule has 1 amide bonds. The van der Waals surface area contributed by atoms with Crippen LogP contribution in [0.3, 0.4) is 0 Å². The molecule has 5 nitrogen and oxygen atoms in total. The zero-order valence-electron chi connectivity index (χ0n) is 11.2. The van der Waals surface area contributed by atoms with E-state index in [0.29, 0.717) is 31.0 Å². The second-order valence-electron chi connectivity index (χ2n) is 4.32. The Labute approximate surface area is 108 Å². The van der Waals surface area contributed by atoms with E-state index in [1.165, 1.54) is 0 Å². The fourth-order valence-corrected chi connectivity index (χ4v) is 1.86. The number of nitrogen functional groups attached to an aromatic ring is 1. The molecule has 5 heteroatoms. The van der Waals surface area contributed by atoms with Crippen LogP contribution in [0.15, 0.2) is 12.3 Å². The largest absolute Gasteiger partial charge is 0.397 e. The van der Waals surface area contributed by atoms with Gasteiger partial charge in [-0.05, 0) is 26.8 Å². The number of hydrogen-bond acceptors (Lipinski definition) is 3. The van der Waals surface area contributed by atoms with Crippen molar-refractivity contribution in [2.45, 2.75) is 27.3 Å². The lowest BCUT2D eigenvalue weighted by Gasteiger charge is -2.22. The maximum absolute atomic E-state index is 12.4. The first-order valence-electron chi connectivity index (χ1n) is 6.18. The van der Waals surface area contributed by atoms with E-state index in [4.69, 9.17) is 11.0 Å². The highest BCUT2D eigenvalue weighted by molar-refractivity contribution is 5.93. The monoisotopic (exact) mass is 248 g/mol. The molecule has 1 aromatic rings. The SMILES string of the molecule is CCN(CC(C)C#N)C(=O)c1cc(N)cn1CC. The van der Waals surface area contributed by atoms with Gasteiger partial charge in [-0.2, -0.15) is 5.26 Å². The van der Waals surface area contributed by atoms with Gasteiger partial charge in [-0.1, -0.05) is 0 Å². The Morgan fingerprint density at radius 2 is 2.28 bits per heavy atom. The Kier molecular flexibility index (Phi) is 4.78. The first kappa shape index (κ1) is 14.1. The molecule has 0 radical (unpaired) electrons. The van der Waals surface area contributed by atoms with Gasteiger partial charge >= 0.3 is 0 Å². The van der Waals surface area contributed by atoms with Gasteiger partial charge in [0.2, 0.25) is 0 Å². The number of aryl methyl sites for hydroxylation is 1. The van der Waals surface area contributed by atoms with Gasteiger partial charge in [0.25, 0.3) is 5.91 Å². The molecule has 0 fully saturated rings. The molecule has 1 rings (SSSR count). The van der Waals surface area contributed by atoms with Crippen LogP contribution >= 0.6 is 0 Å². The van der Waals surface area contributed by atoms with Crippen LogP contribution in [0.25, 0.3) is 0 Å². The van der Waals surface area contributed by atoms with Crippen molar-refractivity contribution in [1.29, 1.82) is 5.26 Å². The van der Waals surface area contributed by atoms with Gasteiger partial charge in [0.1, 0.15) is 5.69 Å². The summed E-state index contributed by atoms with van der Waals surface area (Å²) in [4.78, 5) is 14.0. The predicted molar refractivity (Wildman–Crippen MR) is 70.9 cm³/mol. The van der Waals surface area contributed by atoms with E-state index < -0.39 is 0 Å². The van der Waals surface area contributed by atoms with Crippen LogP contribution < -0.4 is 5.73 Å². The third-order valence-electron chi connectivity index (χ3n) is 2.86. The lowest BCUT2D eigenvalue weighted by Crippen LogP contribution is -2.35. The Balaban J connectivity index is 2.93. The summed E-state index contributed by atoms with van der Waals surface area (Å²) in [5.41, 5.74) is 6.89. The van der Waals surface area contributed by atoms with E-state index >= 15 is 0 Å². The van der Waals surface area contributed by atoms with E-state index in [0.717, 1.165) is 0 Å². The van der Waals surface area contributed by atoms with Crippen LogP contribution in [-0.4, -0.2) is 28.5 Å². The van der Waals surface area contributed by atoms with E-state index in [9.17, 15) is 4.79 Å². The van der Waals surface area contributed by atoms with Crippen molar-refractivity contribution >= 4 is 11.6 Å². The Morgan fingerprint density at radius 3 is 2.78 bits per heavy atom. The number of carbonyl (C=O) groups is 1. The maximum Gasteiger partial charge on any atom is 0.270 e. The summed E-state index contributed by atoms with van der Waals surface area (Å²) >= 11 is 0. The summed E-state index contributed by atoms with van der Waals surface area (Å²) < 4.78 is 1.83. The van der Waals surface area contributed by atoms with Gasteiger partial charge in [-0.25, -0.2) is 0 Å². The summed E-state index contributed by atoms with van der Waals surface area (Å²) in [6, 6.07) is 3.83. The van der Waals surface area contributed by atoms with Crippen molar-refractivity contribution < 1.29 is 4.79 Å². The summed E-state index contributed by atoms with van der Waals surface area (Å²) in [5, 5.41) is 8.82. The summed E-state index contributed by atoms with van der Waals surface area (Å²) in [7, 11) is 0. The summed E-state index contributed by atoms with van der Waals surface area (Å²) in [6.07, 6.45) is 1.76. The minimum absolute atomic E-state index is 0.0712. The van der Waals surface area contributed by atoms with Crippen molar-refractivity contribution in [3.05, 3.63) is 18.0 Å². The molecule has 1 unspecified atom stereocenters. The summed E-state index contributed by atoms with van der Waals surface area (Å²) in [5.74, 6) is -0.241. The van der Waals surface area contributed by atoms with Gasteiger partial charge in [-0.3, -0.25) is 4.79 Å². The molecule has 0 saturated heterocycles. The molecule has 0 aliphatic rings. The molecule has 18 heavy (non-hydrogen) atoms. The molecule has 0 aliphatic carbocycles. The van der Waals surface area contributed by atoms with E-state index in [1.807, 2.05) is 25.3 Å². The van der Waals surface area contributed by atoms with Crippen LogP contribution in [0.5, 0.6) is 0 Å². The number of nitriles is 1. The highest BCUT2D eigenvalue weighted by atomic mass is 16.2. The Bertz CT molecular complexity index is 458. The van der Waals surface area contributed by atoms with Crippen molar-refractivity contribution in [3.8, 4) is 6.07 Å². The third-order valence-corrected chi connectivity index (χ3v) is 2.86. The average molecular weight is 248 g/mol. The number of anilines is 1. The molecular weight excluding hydrogens is 228 g/mol. The van der Waals surface area contributed by atoms with Crippen LogP contribution in [-0.2, 0) is 6.54 Å². The van der Waals surface area contributed by atoms with Gasteiger partial charge in [0.05, 0.1) is 17.7 Å². The van der Waals surface area contributed by atoms with Gasteiger partial charge in [0.15, 0.2) is 0 Å². The quantitative estimate of drug-likeness (QED) is 0.862. The molecule has 1 atom stereocenters. The lowest BCUT2D eigenvalue weighted by atomic mass is 10.2. The van der Waals surface area contributed by atoms with E-state index in [2.05, 4.69) is 6.07 Å². The minimum Gasteiger partial charge on any atom is -0.397 e. The fraction of sp³-hybridized carbons (Fsp3) is 0.538. The van der Waals surface area contributed by atoms with Gasteiger partial charge in [0, 0.05) is 25.8 Å². The number of rotatable bonds is 5. The summed E-state index contributed by atoms with van der Waals surface area (Å²) in [6.45, 7) is 7.40. The van der Waals surface area contributed by atoms with Crippen molar-refractivity contribution in [2.75, 3.05) is 18.8 Å². The van der Waals surface area contributed by atoms with Crippen LogP contribution in [0, 0.1) is 17.2 Å². The Hall–Kier alpha value is -1.96. The normalized spacial score (nSPS) is 11.9. The van der Waals surface area contributed by atoms with Crippen LogP contribution in [0.1, 0.15) is 31.3 Å². The van der Waals surface area contributed by atoms with E-state index in [-0.39, 0.29) is 11.8 Å². The van der Waals surface area contributed by atoms with Crippen LogP contribution in [0.4, 0.5) is 5.69 Å². The number of amides is 1. The number of nitrogens with two attached hydrogens (primary N) is 1.